The second-order valence-corrected chi connectivity index (χ2v) is 6.06. The number of likely N-dealkylation sites (N-methyl/N-ethyl adjacent to an activating group) is 1. The van der Waals surface area contributed by atoms with Crippen molar-refractivity contribution in [2.24, 2.45) is 0 Å². The number of nitrogens with zero attached hydrogens (tertiary/aromatic N) is 2. The van der Waals surface area contributed by atoms with Crippen LogP contribution in [0.2, 0.25) is 0 Å². The number of benzene rings is 1. The van der Waals surface area contributed by atoms with Crippen molar-refractivity contribution in [3.05, 3.63) is 35.9 Å². The summed E-state index contributed by atoms with van der Waals surface area (Å²) >= 11 is 0. The standard InChI is InChI=1S/C17H25N3O/c1-2-19-8-10-20(11-9-19)17(21)13-18-16-12-15(16)14-6-4-3-5-7-14/h3-7,15-16,18H,2,8-13H2,1H3/t15?,16-/m0/s1. The molecule has 3 rings (SSSR count). The maximum Gasteiger partial charge on any atom is 0.236 e. The first kappa shape index (κ1) is 14.5. The SMILES string of the molecule is CCN1CCN(C(=O)CN[C@H]2CC2c2ccccc2)CC1. The van der Waals surface area contributed by atoms with Gasteiger partial charge in [-0.25, -0.2) is 0 Å². The minimum Gasteiger partial charge on any atom is -0.339 e. The van der Waals surface area contributed by atoms with Crippen molar-refractivity contribution < 1.29 is 4.79 Å². The Morgan fingerprint density at radius 1 is 1.19 bits per heavy atom. The maximum atomic E-state index is 12.2. The number of carbonyl (C=O) groups excluding carboxylic acids is 1. The minimum atomic E-state index is 0.254. The molecule has 0 aromatic heterocycles. The van der Waals surface area contributed by atoms with E-state index < -0.39 is 0 Å². The van der Waals surface area contributed by atoms with Gasteiger partial charge < -0.3 is 15.1 Å². The number of hydrogen-bond acceptors (Lipinski definition) is 3. The molecule has 2 atom stereocenters. The molecule has 1 aromatic rings. The van der Waals surface area contributed by atoms with Crippen LogP contribution in [0, 0.1) is 0 Å². The zero-order valence-corrected chi connectivity index (χ0v) is 12.8. The highest BCUT2D eigenvalue weighted by atomic mass is 16.2. The minimum absolute atomic E-state index is 0.254. The third kappa shape index (κ3) is 3.63. The van der Waals surface area contributed by atoms with Gasteiger partial charge in [0.2, 0.25) is 5.91 Å². The van der Waals surface area contributed by atoms with E-state index in [0.717, 1.165) is 39.1 Å². The highest BCUT2D eigenvalue weighted by Gasteiger charge is 2.38. The Balaban J connectivity index is 1.40. The van der Waals surface area contributed by atoms with E-state index in [1.165, 1.54) is 5.56 Å². The van der Waals surface area contributed by atoms with Gasteiger partial charge in [0.05, 0.1) is 6.54 Å². The Morgan fingerprint density at radius 2 is 1.90 bits per heavy atom. The van der Waals surface area contributed by atoms with Crippen molar-refractivity contribution in [2.75, 3.05) is 39.3 Å². The Bertz CT molecular complexity index is 468. The van der Waals surface area contributed by atoms with E-state index >= 15 is 0 Å². The lowest BCUT2D eigenvalue weighted by Crippen LogP contribution is -2.50. The summed E-state index contributed by atoms with van der Waals surface area (Å²) in [6.07, 6.45) is 1.15. The fraction of sp³-hybridized carbons (Fsp3) is 0.588. The van der Waals surface area contributed by atoms with E-state index in [0.29, 0.717) is 18.5 Å². The molecule has 1 N–H and O–H groups in total. The lowest BCUT2D eigenvalue weighted by atomic mass is 10.1. The van der Waals surface area contributed by atoms with Crippen LogP contribution < -0.4 is 5.32 Å². The molecule has 1 aliphatic heterocycles. The number of rotatable bonds is 5. The smallest absolute Gasteiger partial charge is 0.236 e. The van der Waals surface area contributed by atoms with E-state index in [9.17, 15) is 4.79 Å². The lowest BCUT2D eigenvalue weighted by Gasteiger charge is -2.34. The molecule has 2 fully saturated rings. The van der Waals surface area contributed by atoms with Crippen molar-refractivity contribution in [3.63, 3.8) is 0 Å². The van der Waals surface area contributed by atoms with Crippen molar-refractivity contribution >= 4 is 5.91 Å². The predicted molar refractivity (Wildman–Crippen MR) is 84.3 cm³/mol. The van der Waals surface area contributed by atoms with Crippen LogP contribution in [0.25, 0.3) is 0 Å². The van der Waals surface area contributed by atoms with Gasteiger partial charge in [-0.05, 0) is 18.5 Å². The number of carbonyl (C=O) groups is 1. The summed E-state index contributed by atoms with van der Waals surface area (Å²) in [5, 5.41) is 3.42. The van der Waals surface area contributed by atoms with E-state index in [1.54, 1.807) is 0 Å². The molecule has 1 saturated heterocycles. The number of nitrogens with one attached hydrogen (secondary N) is 1. The second-order valence-electron chi connectivity index (χ2n) is 6.06. The van der Waals surface area contributed by atoms with Crippen LogP contribution in [0.1, 0.15) is 24.8 Å². The molecule has 1 aliphatic carbocycles. The van der Waals surface area contributed by atoms with Gasteiger partial charge in [-0.15, -0.1) is 0 Å². The van der Waals surface area contributed by atoms with Crippen LogP contribution >= 0.6 is 0 Å². The van der Waals surface area contributed by atoms with Crippen molar-refractivity contribution in [2.45, 2.75) is 25.3 Å². The molecular formula is C17H25N3O. The first-order valence-corrected chi connectivity index (χ1v) is 8.06. The van der Waals surface area contributed by atoms with Gasteiger partial charge in [0.15, 0.2) is 0 Å². The first-order valence-electron chi connectivity index (χ1n) is 8.06. The summed E-state index contributed by atoms with van der Waals surface area (Å²) in [6, 6.07) is 11.1. The van der Waals surface area contributed by atoms with Gasteiger partial charge in [0.25, 0.3) is 0 Å². The number of hydrogen-bond donors (Lipinski definition) is 1. The van der Waals surface area contributed by atoms with Crippen LogP contribution in [-0.4, -0.2) is 61.0 Å². The Labute approximate surface area is 127 Å². The molecule has 21 heavy (non-hydrogen) atoms. The molecular weight excluding hydrogens is 262 g/mol. The molecule has 1 amide bonds. The zero-order chi connectivity index (χ0) is 14.7. The van der Waals surface area contributed by atoms with E-state index in [-0.39, 0.29) is 5.91 Å². The highest BCUT2D eigenvalue weighted by Crippen LogP contribution is 2.40. The largest absolute Gasteiger partial charge is 0.339 e. The first-order chi connectivity index (χ1) is 10.3. The Hall–Kier alpha value is -1.39. The summed E-state index contributed by atoms with van der Waals surface area (Å²) < 4.78 is 0. The fourth-order valence-electron chi connectivity index (χ4n) is 3.13. The van der Waals surface area contributed by atoms with Crippen molar-refractivity contribution in [3.8, 4) is 0 Å². The quantitative estimate of drug-likeness (QED) is 0.886. The van der Waals surface area contributed by atoms with Gasteiger partial charge in [0, 0.05) is 38.1 Å². The lowest BCUT2D eigenvalue weighted by molar-refractivity contribution is -0.132. The summed E-state index contributed by atoms with van der Waals surface area (Å²) in [7, 11) is 0. The molecule has 1 saturated carbocycles. The number of amides is 1. The third-order valence-electron chi connectivity index (χ3n) is 4.71. The van der Waals surface area contributed by atoms with Gasteiger partial charge in [-0.3, -0.25) is 4.79 Å². The molecule has 0 spiro atoms. The summed E-state index contributed by atoms with van der Waals surface area (Å²) in [5.74, 6) is 0.848. The normalized spacial score (nSPS) is 25.9. The van der Waals surface area contributed by atoms with Gasteiger partial charge >= 0.3 is 0 Å². The summed E-state index contributed by atoms with van der Waals surface area (Å²) in [6.45, 7) is 7.52. The second kappa shape index (κ2) is 6.58. The summed E-state index contributed by atoms with van der Waals surface area (Å²) in [5.41, 5.74) is 1.39. The van der Waals surface area contributed by atoms with Crippen LogP contribution in [0.15, 0.2) is 30.3 Å². The van der Waals surface area contributed by atoms with Crippen LogP contribution in [0.4, 0.5) is 0 Å². The zero-order valence-electron chi connectivity index (χ0n) is 12.8. The topological polar surface area (TPSA) is 35.6 Å². The van der Waals surface area contributed by atoms with E-state index in [1.807, 2.05) is 11.0 Å². The molecule has 0 radical (unpaired) electrons. The number of piperazine rings is 1. The van der Waals surface area contributed by atoms with Gasteiger partial charge in [-0.1, -0.05) is 37.3 Å². The van der Waals surface area contributed by atoms with Crippen molar-refractivity contribution in [1.29, 1.82) is 0 Å². The summed E-state index contributed by atoms with van der Waals surface area (Å²) in [4.78, 5) is 16.6. The van der Waals surface area contributed by atoms with Gasteiger partial charge in [0.1, 0.15) is 0 Å². The van der Waals surface area contributed by atoms with Crippen LogP contribution in [-0.2, 0) is 4.79 Å². The van der Waals surface area contributed by atoms with Crippen LogP contribution in [0.3, 0.4) is 0 Å². The predicted octanol–water partition coefficient (Wildman–Crippen LogP) is 1.30. The monoisotopic (exact) mass is 287 g/mol. The van der Waals surface area contributed by atoms with Crippen molar-refractivity contribution in [1.82, 2.24) is 15.1 Å². The molecule has 114 valence electrons. The molecule has 4 nitrogen and oxygen atoms in total. The Kier molecular flexibility index (Phi) is 4.56. The average Bonchev–Trinajstić information content (AvgIpc) is 3.33. The highest BCUT2D eigenvalue weighted by molar-refractivity contribution is 5.78. The molecule has 2 aliphatic rings. The van der Waals surface area contributed by atoms with Crippen LogP contribution in [0.5, 0.6) is 0 Å². The van der Waals surface area contributed by atoms with Gasteiger partial charge in [-0.2, -0.15) is 0 Å². The average molecular weight is 287 g/mol. The van der Waals surface area contributed by atoms with E-state index in [2.05, 4.69) is 41.4 Å². The maximum absolute atomic E-state index is 12.2. The molecule has 1 unspecified atom stereocenters. The van der Waals surface area contributed by atoms with E-state index in [4.69, 9.17) is 0 Å². The molecule has 1 aromatic carbocycles. The molecule has 1 heterocycles. The Morgan fingerprint density at radius 3 is 2.57 bits per heavy atom. The molecule has 4 heteroatoms. The molecule has 0 bridgehead atoms. The third-order valence-corrected chi connectivity index (χ3v) is 4.71. The fourth-order valence-corrected chi connectivity index (χ4v) is 3.13.